The average Bonchev–Trinajstić information content (AvgIpc) is 3.54. The number of rotatable bonds is 78. The molecule has 0 rings (SSSR count). The quantitative estimate of drug-likeness (QED) is 0.0211. The molecule has 0 saturated heterocycles. The summed E-state index contributed by atoms with van der Waals surface area (Å²) in [5.41, 5.74) is 0. The highest BCUT2D eigenvalue weighted by Crippen LogP contribution is 2.20. The van der Waals surface area contributed by atoms with Crippen LogP contribution in [0.1, 0.15) is 412 Å². The Hall–Kier alpha value is -3.01. The van der Waals surface area contributed by atoms with Gasteiger partial charge in [0.1, 0.15) is 13.2 Å². The molecule has 2 atom stereocenters. The normalized spacial score (nSPS) is 12.9. The van der Waals surface area contributed by atoms with Crippen LogP contribution in [0.15, 0.2) is 60.8 Å². The first-order valence-electron chi connectivity index (χ1n) is 41.5. The van der Waals surface area contributed by atoms with Crippen molar-refractivity contribution < 1.29 is 42.9 Å². The molecule has 0 aromatic carbocycles. The highest BCUT2D eigenvalue weighted by atomic mass is 16.7. The number of hydrogen-bond donors (Lipinski definition) is 1. The van der Waals surface area contributed by atoms with Crippen molar-refractivity contribution in [3.8, 4) is 0 Å². The summed E-state index contributed by atoms with van der Waals surface area (Å²) >= 11 is 0. The lowest BCUT2D eigenvalue weighted by molar-refractivity contribution is -0.870. The van der Waals surface area contributed by atoms with Gasteiger partial charge >= 0.3 is 17.9 Å². The van der Waals surface area contributed by atoms with E-state index in [0.717, 1.165) is 70.6 Å². The summed E-state index contributed by atoms with van der Waals surface area (Å²) in [6, 6.07) is 0. The monoisotopic (exact) mass is 1340 g/mol. The van der Waals surface area contributed by atoms with Crippen molar-refractivity contribution in [2.24, 2.45) is 0 Å². The van der Waals surface area contributed by atoms with E-state index in [-0.39, 0.29) is 38.2 Å². The third kappa shape index (κ3) is 78.2. The lowest BCUT2D eigenvalue weighted by Gasteiger charge is -2.25. The zero-order valence-corrected chi connectivity index (χ0v) is 63.8. The second-order valence-electron chi connectivity index (χ2n) is 29.4. The first-order valence-corrected chi connectivity index (χ1v) is 41.5. The van der Waals surface area contributed by atoms with Crippen LogP contribution in [-0.2, 0) is 33.3 Å². The van der Waals surface area contributed by atoms with Crippen LogP contribution in [0, 0.1) is 0 Å². The first-order chi connectivity index (χ1) is 46.6. The number of carboxylic acid groups (broad SMARTS) is 1. The van der Waals surface area contributed by atoms with Gasteiger partial charge in [0.15, 0.2) is 6.10 Å². The van der Waals surface area contributed by atoms with Crippen molar-refractivity contribution in [1.29, 1.82) is 0 Å². The van der Waals surface area contributed by atoms with E-state index in [1.54, 1.807) is 0 Å². The van der Waals surface area contributed by atoms with Gasteiger partial charge < -0.3 is 28.5 Å². The predicted octanol–water partition coefficient (Wildman–Crippen LogP) is 26.6. The molecule has 95 heavy (non-hydrogen) atoms. The van der Waals surface area contributed by atoms with Crippen LogP contribution in [0.25, 0.3) is 0 Å². The number of nitrogens with zero attached hydrogens (tertiary/aromatic N) is 1. The molecule has 0 saturated carbocycles. The smallest absolute Gasteiger partial charge is 0.361 e. The maximum atomic E-state index is 13.0. The van der Waals surface area contributed by atoms with Crippen LogP contribution in [0.2, 0.25) is 0 Å². The molecule has 0 amide bonds. The van der Waals surface area contributed by atoms with Crippen molar-refractivity contribution >= 4 is 17.9 Å². The highest BCUT2D eigenvalue weighted by molar-refractivity contribution is 5.71. The Balaban J connectivity index is 3.93. The molecule has 0 bridgehead atoms. The third-order valence-electron chi connectivity index (χ3n) is 18.8. The standard InChI is InChI=1S/C86H159NO8/c1-6-8-10-12-14-16-18-20-22-24-26-28-30-32-34-36-37-38-39-40-41-42-43-44-45-46-47-49-51-53-55-57-59-61-63-65-67-69-71-73-75-77-84(89)95-82(81-94-86(85(90)91)92-79-78-87(3,4)5)80-93-83(88)76-74-72-70-68-66-64-62-60-58-56-54-52-50-48-35-33-31-29-27-25-23-21-19-17-15-13-11-9-7-2/h8,10,14,16,20,22,26,28,32,34,82,86H,6-7,9,11-13,15,17-19,21,23-25,27,29-31,33,35-81H2,1-5H3/p+1/b10-8-,16-14-,22-20-,28-26-,34-32-. The number of allylic oxidation sites excluding steroid dienone is 10. The Morgan fingerprint density at radius 3 is 0.895 bits per heavy atom. The molecule has 0 radical (unpaired) electrons. The maximum Gasteiger partial charge on any atom is 0.361 e. The number of quaternary nitrogens is 1. The predicted molar refractivity (Wildman–Crippen MR) is 410 cm³/mol. The number of likely N-dealkylation sites (N-methyl/N-ethyl adjacent to an activating group) is 1. The van der Waals surface area contributed by atoms with Gasteiger partial charge in [0.05, 0.1) is 34.4 Å². The molecule has 0 spiro atoms. The zero-order valence-electron chi connectivity index (χ0n) is 63.8. The lowest BCUT2D eigenvalue weighted by atomic mass is 10.0. The van der Waals surface area contributed by atoms with Crippen LogP contribution >= 0.6 is 0 Å². The Morgan fingerprint density at radius 2 is 0.600 bits per heavy atom. The van der Waals surface area contributed by atoms with Crippen LogP contribution in [0.5, 0.6) is 0 Å². The van der Waals surface area contributed by atoms with Gasteiger partial charge in [-0.1, -0.05) is 402 Å². The number of carboxylic acids is 1. The molecule has 9 nitrogen and oxygen atoms in total. The fraction of sp³-hybridized carbons (Fsp3) is 0.849. The molecular weight excluding hydrogens is 1170 g/mol. The van der Waals surface area contributed by atoms with E-state index in [1.165, 1.54) is 315 Å². The number of carbonyl (C=O) groups excluding carboxylic acids is 2. The van der Waals surface area contributed by atoms with E-state index in [0.29, 0.717) is 17.4 Å². The van der Waals surface area contributed by atoms with Gasteiger partial charge in [-0.15, -0.1) is 0 Å². The molecule has 556 valence electrons. The van der Waals surface area contributed by atoms with Crippen molar-refractivity contribution in [3.05, 3.63) is 60.8 Å². The Kier molecular flexibility index (Phi) is 74.3. The summed E-state index contributed by atoms with van der Waals surface area (Å²) in [4.78, 5) is 37.8. The molecule has 2 unspecified atom stereocenters. The van der Waals surface area contributed by atoms with Gasteiger partial charge in [-0.05, 0) is 57.8 Å². The molecule has 0 aromatic rings. The second kappa shape index (κ2) is 76.7. The summed E-state index contributed by atoms with van der Waals surface area (Å²) in [6.07, 6.45) is 99.7. The third-order valence-corrected chi connectivity index (χ3v) is 18.8. The number of ether oxygens (including phenoxy) is 4. The molecule has 0 fully saturated rings. The van der Waals surface area contributed by atoms with Gasteiger partial charge in [-0.25, -0.2) is 4.79 Å². The molecular formula is C86H160NO8+. The van der Waals surface area contributed by atoms with Crippen molar-refractivity contribution in [2.75, 3.05) is 47.5 Å². The molecule has 1 N–H and O–H groups in total. The van der Waals surface area contributed by atoms with E-state index in [4.69, 9.17) is 18.9 Å². The fourth-order valence-corrected chi connectivity index (χ4v) is 12.5. The summed E-state index contributed by atoms with van der Waals surface area (Å²) in [6.45, 7) is 4.84. The molecule has 0 aromatic heterocycles. The highest BCUT2D eigenvalue weighted by Gasteiger charge is 2.25. The van der Waals surface area contributed by atoms with Gasteiger partial charge in [-0.3, -0.25) is 9.59 Å². The van der Waals surface area contributed by atoms with Crippen LogP contribution in [0.4, 0.5) is 0 Å². The van der Waals surface area contributed by atoms with Crippen molar-refractivity contribution in [1.82, 2.24) is 0 Å². The summed E-state index contributed by atoms with van der Waals surface area (Å²) < 4.78 is 23.1. The summed E-state index contributed by atoms with van der Waals surface area (Å²) in [5.74, 6) is -1.97. The zero-order chi connectivity index (χ0) is 69.0. The van der Waals surface area contributed by atoms with Crippen molar-refractivity contribution in [2.45, 2.75) is 424 Å². The molecule has 9 heteroatoms. The first kappa shape index (κ1) is 92.0. The Morgan fingerprint density at radius 1 is 0.326 bits per heavy atom. The van der Waals surface area contributed by atoms with Crippen molar-refractivity contribution in [3.63, 3.8) is 0 Å². The van der Waals surface area contributed by atoms with Crippen LogP contribution in [0.3, 0.4) is 0 Å². The number of aliphatic carboxylic acids is 1. The molecule has 0 aliphatic heterocycles. The number of esters is 2. The number of carbonyl (C=O) groups is 3. The second-order valence-corrected chi connectivity index (χ2v) is 29.4. The lowest BCUT2D eigenvalue weighted by Crippen LogP contribution is -2.40. The minimum atomic E-state index is -1.51. The van der Waals surface area contributed by atoms with Gasteiger partial charge in [-0.2, -0.15) is 0 Å². The topological polar surface area (TPSA) is 108 Å². The van der Waals surface area contributed by atoms with E-state index in [1.807, 2.05) is 21.1 Å². The fourth-order valence-electron chi connectivity index (χ4n) is 12.5. The van der Waals surface area contributed by atoms with E-state index < -0.39 is 18.4 Å². The molecule has 0 aliphatic carbocycles. The van der Waals surface area contributed by atoms with E-state index in [2.05, 4.69) is 74.6 Å². The van der Waals surface area contributed by atoms with Crippen LogP contribution < -0.4 is 0 Å². The minimum absolute atomic E-state index is 0.175. The van der Waals surface area contributed by atoms with Gasteiger partial charge in [0.2, 0.25) is 0 Å². The largest absolute Gasteiger partial charge is 0.477 e. The summed E-state index contributed by atoms with van der Waals surface area (Å²) in [7, 11) is 6.00. The SMILES string of the molecule is CC/C=C\C/C=C\C/C=C\C/C=C\C/C=C\CCCCCCCCCCCCCCCCCCCCCCCCCCCC(=O)OC(COC(=O)CCCCCCCCCCCCCCCCCCCCCCCCCCCCCCC)COC(OCC[N+](C)(C)C)C(=O)O. The van der Waals surface area contributed by atoms with Gasteiger partial charge in [0.25, 0.3) is 6.29 Å². The summed E-state index contributed by atoms with van der Waals surface area (Å²) in [5, 5.41) is 9.78. The Bertz CT molecular complexity index is 1750. The number of hydrogen-bond acceptors (Lipinski definition) is 7. The number of unbranched alkanes of at least 4 members (excludes halogenated alkanes) is 53. The molecule has 0 heterocycles. The maximum absolute atomic E-state index is 13.0. The minimum Gasteiger partial charge on any atom is -0.477 e. The van der Waals surface area contributed by atoms with E-state index >= 15 is 0 Å². The molecule has 0 aliphatic rings. The van der Waals surface area contributed by atoms with E-state index in [9.17, 15) is 19.5 Å². The van der Waals surface area contributed by atoms with Gasteiger partial charge in [0, 0.05) is 12.8 Å². The average molecular weight is 1340 g/mol. The Labute approximate surface area is 590 Å². The van der Waals surface area contributed by atoms with Crippen LogP contribution in [-0.4, -0.2) is 87.4 Å².